The quantitative estimate of drug-likeness (QED) is 0.397. The highest BCUT2D eigenvalue weighted by atomic mass is 16.3. The van der Waals surface area contributed by atoms with Crippen molar-refractivity contribution in [3.05, 3.63) is 58.9 Å². The molecule has 0 spiro atoms. The highest BCUT2D eigenvalue weighted by Gasteiger charge is 2.09. The summed E-state index contributed by atoms with van der Waals surface area (Å²) < 4.78 is 0. The fourth-order valence-corrected chi connectivity index (χ4v) is 3.41. The second kappa shape index (κ2) is 12.7. The molecule has 0 heterocycles. The molecule has 34 heavy (non-hydrogen) atoms. The Kier molecular flexibility index (Phi) is 9.67. The topological polar surface area (TPSA) is 119 Å². The number of hydrogen-bond donors (Lipinski definition) is 2. The molecule has 0 atom stereocenters. The molecule has 0 aliphatic heterocycles. The van der Waals surface area contributed by atoms with Crippen molar-refractivity contribution in [2.75, 3.05) is 36.0 Å². The third-order valence-corrected chi connectivity index (χ3v) is 5.39. The Balaban J connectivity index is 2.31. The van der Waals surface area contributed by atoms with Gasteiger partial charge in [-0.1, -0.05) is 0 Å². The Hall–Kier alpha value is -4.30. The Morgan fingerprint density at radius 2 is 1.09 bits per heavy atom. The molecule has 0 aliphatic rings. The van der Waals surface area contributed by atoms with Crippen molar-refractivity contribution in [1.29, 1.82) is 10.5 Å². The number of nitrogens with zero attached hydrogens (tertiary/aromatic N) is 6. The van der Waals surface area contributed by atoms with Gasteiger partial charge in [0.05, 0.1) is 0 Å². The van der Waals surface area contributed by atoms with E-state index in [0.29, 0.717) is 11.1 Å². The minimum Gasteiger partial charge on any atom is -0.507 e. The molecule has 0 saturated heterocycles. The van der Waals surface area contributed by atoms with Crippen molar-refractivity contribution in [3.63, 3.8) is 0 Å². The molecule has 0 saturated carbocycles. The smallest absolute Gasteiger partial charge is 0.176 e. The molecule has 8 heteroatoms. The van der Waals surface area contributed by atoms with E-state index in [9.17, 15) is 20.7 Å². The molecule has 0 unspecified atom stereocenters. The number of nitriles is 2. The first-order valence-electron chi connectivity index (χ1n) is 11.2. The molecule has 0 amide bonds. The van der Waals surface area contributed by atoms with E-state index >= 15 is 0 Å². The van der Waals surface area contributed by atoms with Gasteiger partial charge in [0.2, 0.25) is 0 Å². The van der Waals surface area contributed by atoms with Crippen molar-refractivity contribution < 1.29 is 10.2 Å². The van der Waals surface area contributed by atoms with E-state index < -0.39 is 0 Å². The standard InChI is InChI=1S/C26H30N6O2/c1-5-31(6-2)21-11-9-19(25(33)13-21)17-29-23(15-27)24(16-28)30-18-20-10-12-22(14-26(20)34)32(7-3)8-4/h9-14,17-18,33-34H,5-8H2,1-4H3/b24-23+,29-17?,30-18?. The van der Waals surface area contributed by atoms with Crippen molar-refractivity contribution in [1.82, 2.24) is 0 Å². The molecule has 0 fully saturated rings. The second-order valence-electron chi connectivity index (χ2n) is 7.27. The summed E-state index contributed by atoms with van der Waals surface area (Å²) in [6.07, 6.45) is 2.65. The van der Waals surface area contributed by atoms with Crippen LogP contribution in [0.25, 0.3) is 0 Å². The lowest BCUT2D eigenvalue weighted by molar-refractivity contribution is 0.474. The predicted octanol–water partition coefficient (Wildman–Crippen LogP) is 4.59. The molecule has 0 aliphatic carbocycles. The average molecular weight is 459 g/mol. The summed E-state index contributed by atoms with van der Waals surface area (Å²) in [6.45, 7) is 11.4. The third-order valence-electron chi connectivity index (χ3n) is 5.39. The molecule has 176 valence electrons. The summed E-state index contributed by atoms with van der Waals surface area (Å²) in [4.78, 5) is 12.3. The first kappa shape index (κ1) is 26.0. The zero-order valence-corrected chi connectivity index (χ0v) is 20.0. The third kappa shape index (κ3) is 6.36. The number of phenols is 2. The Morgan fingerprint density at radius 3 is 1.35 bits per heavy atom. The number of rotatable bonds is 10. The van der Waals surface area contributed by atoms with Gasteiger partial charge in [0.25, 0.3) is 0 Å². The fourth-order valence-electron chi connectivity index (χ4n) is 3.41. The van der Waals surface area contributed by atoms with Crippen LogP contribution < -0.4 is 9.80 Å². The predicted molar refractivity (Wildman–Crippen MR) is 137 cm³/mol. The van der Waals surface area contributed by atoms with E-state index in [1.165, 1.54) is 12.4 Å². The lowest BCUT2D eigenvalue weighted by Crippen LogP contribution is -2.21. The van der Waals surface area contributed by atoms with E-state index in [-0.39, 0.29) is 22.9 Å². The summed E-state index contributed by atoms with van der Waals surface area (Å²) in [5.74, 6) is 0.0383. The van der Waals surface area contributed by atoms with Crippen LogP contribution in [0.15, 0.2) is 57.8 Å². The molecular formula is C26H30N6O2. The van der Waals surface area contributed by atoms with Gasteiger partial charge in [-0.25, -0.2) is 9.98 Å². The fraction of sp³-hybridized carbons (Fsp3) is 0.308. The normalized spacial score (nSPS) is 11.8. The van der Waals surface area contributed by atoms with Crippen molar-refractivity contribution in [3.8, 4) is 23.6 Å². The number of phenolic OH excluding ortho intramolecular Hbond substituents is 2. The average Bonchev–Trinajstić information content (AvgIpc) is 2.84. The van der Waals surface area contributed by atoms with E-state index in [2.05, 4.69) is 19.8 Å². The highest BCUT2D eigenvalue weighted by Crippen LogP contribution is 2.25. The van der Waals surface area contributed by atoms with Gasteiger partial charge in [-0.15, -0.1) is 0 Å². The van der Waals surface area contributed by atoms with E-state index in [1.807, 2.05) is 52.0 Å². The molecule has 2 aromatic rings. The van der Waals surface area contributed by atoms with E-state index in [4.69, 9.17) is 0 Å². The minimum absolute atomic E-state index is 0.0191. The zero-order chi connectivity index (χ0) is 25.1. The molecule has 0 bridgehead atoms. The van der Waals surface area contributed by atoms with Gasteiger partial charge in [-0.3, -0.25) is 0 Å². The van der Waals surface area contributed by atoms with Crippen LogP contribution in [-0.2, 0) is 0 Å². The summed E-state index contributed by atoms with van der Waals surface area (Å²) >= 11 is 0. The van der Waals surface area contributed by atoms with Crippen LogP contribution in [0.5, 0.6) is 11.5 Å². The van der Waals surface area contributed by atoms with E-state index in [1.54, 1.807) is 24.3 Å². The molecule has 2 N–H and O–H groups in total. The largest absolute Gasteiger partial charge is 0.507 e. The number of aromatic hydroxyl groups is 2. The lowest BCUT2D eigenvalue weighted by Gasteiger charge is -2.21. The Bertz CT molecular complexity index is 1070. The van der Waals surface area contributed by atoms with Crippen molar-refractivity contribution in [2.45, 2.75) is 27.7 Å². The highest BCUT2D eigenvalue weighted by molar-refractivity contribution is 5.87. The van der Waals surface area contributed by atoms with Gasteiger partial charge in [0.1, 0.15) is 23.6 Å². The van der Waals surface area contributed by atoms with Crippen LogP contribution in [0.4, 0.5) is 11.4 Å². The summed E-state index contributed by atoms with van der Waals surface area (Å²) in [5.41, 5.74) is 2.18. The Labute approximate surface area is 201 Å². The zero-order valence-electron chi connectivity index (χ0n) is 20.0. The summed E-state index contributed by atoms with van der Waals surface area (Å²) in [5, 5.41) is 39.7. The van der Waals surface area contributed by atoms with Crippen molar-refractivity contribution >= 4 is 23.8 Å². The number of benzene rings is 2. The molecule has 2 aromatic carbocycles. The number of anilines is 2. The van der Waals surface area contributed by atoms with Gasteiger partial charge in [-0.2, -0.15) is 10.5 Å². The molecule has 2 rings (SSSR count). The monoisotopic (exact) mass is 458 g/mol. The maximum atomic E-state index is 10.3. The summed E-state index contributed by atoms with van der Waals surface area (Å²) in [6, 6.07) is 14.1. The van der Waals surface area contributed by atoms with Crippen molar-refractivity contribution in [2.24, 2.45) is 9.98 Å². The summed E-state index contributed by atoms with van der Waals surface area (Å²) in [7, 11) is 0. The van der Waals surface area contributed by atoms with Gasteiger partial charge < -0.3 is 20.0 Å². The van der Waals surface area contributed by atoms with E-state index in [0.717, 1.165) is 37.6 Å². The SMILES string of the molecule is CCN(CC)c1ccc(C=N/C(C#N)=C(\C#N)N=Cc2ccc(N(CC)CC)cc2O)c(O)c1. The molecule has 0 aromatic heterocycles. The number of aliphatic imine (C=N–C) groups is 2. The molecule has 8 nitrogen and oxygen atoms in total. The van der Waals surface area contributed by atoms with Gasteiger partial charge >= 0.3 is 0 Å². The number of hydrogen-bond acceptors (Lipinski definition) is 8. The van der Waals surface area contributed by atoms with Crippen LogP contribution in [0.3, 0.4) is 0 Å². The van der Waals surface area contributed by atoms with Gasteiger partial charge in [-0.05, 0) is 52.0 Å². The first-order chi connectivity index (χ1) is 16.4. The van der Waals surface area contributed by atoms with Crippen LogP contribution in [0.2, 0.25) is 0 Å². The maximum absolute atomic E-state index is 10.3. The second-order valence-corrected chi connectivity index (χ2v) is 7.27. The van der Waals surface area contributed by atoms with Crippen LogP contribution >= 0.6 is 0 Å². The molecular weight excluding hydrogens is 428 g/mol. The van der Waals surface area contributed by atoms with Crippen LogP contribution in [-0.4, -0.2) is 48.8 Å². The molecule has 0 radical (unpaired) electrons. The van der Waals surface area contributed by atoms with Crippen LogP contribution in [0, 0.1) is 22.7 Å². The number of allylic oxidation sites excluding steroid dienone is 2. The maximum Gasteiger partial charge on any atom is 0.176 e. The minimum atomic E-state index is -0.203. The lowest BCUT2D eigenvalue weighted by atomic mass is 10.1. The first-order valence-corrected chi connectivity index (χ1v) is 11.2. The Morgan fingerprint density at radius 1 is 0.735 bits per heavy atom. The van der Waals surface area contributed by atoms with Crippen LogP contribution in [0.1, 0.15) is 38.8 Å². The van der Waals surface area contributed by atoms with Gasteiger partial charge in [0.15, 0.2) is 11.4 Å². The van der Waals surface area contributed by atoms with Gasteiger partial charge in [0, 0.05) is 73.2 Å².